The molecule has 1 unspecified atom stereocenters. The Morgan fingerprint density at radius 3 is 2.79 bits per heavy atom. The van der Waals surface area contributed by atoms with Gasteiger partial charge in [0, 0.05) is 5.25 Å². The lowest BCUT2D eigenvalue weighted by Gasteiger charge is -2.08. The standard InChI is InChI=1S/C8H12N2O2S2/c1-3-6(4-7(11)12)14-8-10-9-5(2)13-8/h6H,3-4H2,1-2H3,(H,11,12). The average Bonchev–Trinajstić information content (AvgIpc) is 2.49. The van der Waals surface area contributed by atoms with E-state index < -0.39 is 5.97 Å². The van der Waals surface area contributed by atoms with Crippen LogP contribution in [0.2, 0.25) is 0 Å². The lowest BCUT2D eigenvalue weighted by molar-refractivity contribution is -0.136. The van der Waals surface area contributed by atoms with Gasteiger partial charge in [0.25, 0.3) is 0 Å². The van der Waals surface area contributed by atoms with Gasteiger partial charge in [-0.25, -0.2) is 0 Å². The number of hydrogen-bond donors (Lipinski definition) is 1. The van der Waals surface area contributed by atoms with Gasteiger partial charge in [0.2, 0.25) is 0 Å². The molecule has 1 N–H and O–H groups in total. The molecule has 1 rings (SSSR count). The van der Waals surface area contributed by atoms with Gasteiger partial charge < -0.3 is 5.11 Å². The topological polar surface area (TPSA) is 63.1 Å². The largest absolute Gasteiger partial charge is 0.481 e. The van der Waals surface area contributed by atoms with Gasteiger partial charge in [0.05, 0.1) is 6.42 Å². The summed E-state index contributed by atoms with van der Waals surface area (Å²) in [5.41, 5.74) is 0. The quantitative estimate of drug-likeness (QED) is 0.788. The van der Waals surface area contributed by atoms with Crippen molar-refractivity contribution in [1.29, 1.82) is 0 Å². The molecule has 0 bridgehead atoms. The van der Waals surface area contributed by atoms with Gasteiger partial charge in [0.1, 0.15) is 5.01 Å². The maximum atomic E-state index is 10.5. The molecule has 1 aromatic rings. The Balaban J connectivity index is 2.52. The molecule has 0 aliphatic carbocycles. The summed E-state index contributed by atoms with van der Waals surface area (Å²) in [7, 11) is 0. The number of carbonyl (C=O) groups is 1. The highest BCUT2D eigenvalue weighted by molar-refractivity contribution is 8.01. The predicted octanol–water partition coefficient (Wildman–Crippen LogP) is 2.19. The predicted molar refractivity (Wildman–Crippen MR) is 56.8 cm³/mol. The molecule has 0 saturated heterocycles. The van der Waals surface area contributed by atoms with E-state index in [1.807, 2.05) is 13.8 Å². The van der Waals surface area contributed by atoms with Crippen LogP contribution in [-0.4, -0.2) is 26.5 Å². The molecule has 0 amide bonds. The van der Waals surface area contributed by atoms with E-state index in [9.17, 15) is 4.79 Å². The third kappa shape index (κ3) is 3.63. The summed E-state index contributed by atoms with van der Waals surface area (Å²) < 4.78 is 0.857. The van der Waals surface area contributed by atoms with Crippen molar-refractivity contribution in [2.45, 2.75) is 36.3 Å². The molecule has 0 radical (unpaired) electrons. The molecule has 0 spiro atoms. The fourth-order valence-corrected chi connectivity index (χ4v) is 3.08. The maximum Gasteiger partial charge on any atom is 0.304 e. The first-order valence-corrected chi connectivity index (χ1v) is 6.00. The molecule has 0 fully saturated rings. The van der Waals surface area contributed by atoms with Gasteiger partial charge in [0.15, 0.2) is 4.34 Å². The molecule has 78 valence electrons. The van der Waals surface area contributed by atoms with Crippen molar-refractivity contribution >= 4 is 29.1 Å². The number of aliphatic carboxylic acids is 1. The van der Waals surface area contributed by atoms with Crippen LogP contribution in [0.15, 0.2) is 4.34 Å². The highest BCUT2D eigenvalue weighted by Gasteiger charge is 2.14. The first-order chi connectivity index (χ1) is 6.61. The first kappa shape index (κ1) is 11.5. The second kappa shape index (κ2) is 5.31. The third-order valence-electron chi connectivity index (χ3n) is 1.63. The molecule has 0 saturated carbocycles. The van der Waals surface area contributed by atoms with Crippen molar-refractivity contribution < 1.29 is 9.90 Å². The molecule has 6 heteroatoms. The molecule has 4 nitrogen and oxygen atoms in total. The molecular weight excluding hydrogens is 220 g/mol. The molecule has 0 aliphatic heterocycles. The number of carboxylic acids is 1. The number of aromatic nitrogens is 2. The van der Waals surface area contributed by atoms with E-state index >= 15 is 0 Å². The second-order valence-electron chi connectivity index (χ2n) is 2.83. The highest BCUT2D eigenvalue weighted by Crippen LogP contribution is 2.29. The van der Waals surface area contributed by atoms with E-state index in [0.717, 1.165) is 15.8 Å². The number of thioether (sulfide) groups is 1. The van der Waals surface area contributed by atoms with Crippen LogP contribution < -0.4 is 0 Å². The van der Waals surface area contributed by atoms with Crippen molar-refractivity contribution in [3.63, 3.8) is 0 Å². The van der Waals surface area contributed by atoms with E-state index in [-0.39, 0.29) is 11.7 Å². The maximum absolute atomic E-state index is 10.5. The fourth-order valence-electron chi connectivity index (χ4n) is 0.933. The summed E-state index contributed by atoms with van der Waals surface area (Å²) in [6.45, 7) is 3.87. The zero-order valence-corrected chi connectivity index (χ0v) is 9.69. The van der Waals surface area contributed by atoms with Crippen LogP contribution in [0.5, 0.6) is 0 Å². The van der Waals surface area contributed by atoms with Crippen LogP contribution in [0.1, 0.15) is 24.8 Å². The minimum atomic E-state index is -0.759. The summed E-state index contributed by atoms with van der Waals surface area (Å²) in [5.74, 6) is -0.759. The normalized spacial score (nSPS) is 12.7. The molecular formula is C8H12N2O2S2. The SMILES string of the molecule is CCC(CC(=O)O)Sc1nnc(C)s1. The summed E-state index contributed by atoms with van der Waals surface area (Å²) in [5, 5.41) is 17.5. The van der Waals surface area contributed by atoms with Crippen molar-refractivity contribution in [2.75, 3.05) is 0 Å². The van der Waals surface area contributed by atoms with E-state index in [1.54, 1.807) is 0 Å². The van der Waals surface area contributed by atoms with E-state index in [2.05, 4.69) is 10.2 Å². The van der Waals surface area contributed by atoms with Gasteiger partial charge in [-0.2, -0.15) is 0 Å². The van der Waals surface area contributed by atoms with Gasteiger partial charge in [-0.1, -0.05) is 30.0 Å². The smallest absolute Gasteiger partial charge is 0.304 e. The average molecular weight is 232 g/mol. The molecule has 1 atom stereocenters. The minimum Gasteiger partial charge on any atom is -0.481 e. The Morgan fingerprint density at radius 1 is 1.64 bits per heavy atom. The van der Waals surface area contributed by atoms with Crippen LogP contribution in [-0.2, 0) is 4.79 Å². The van der Waals surface area contributed by atoms with Crippen LogP contribution in [0.4, 0.5) is 0 Å². The van der Waals surface area contributed by atoms with E-state index in [4.69, 9.17) is 5.11 Å². The van der Waals surface area contributed by atoms with Crippen molar-refractivity contribution in [3.8, 4) is 0 Å². The minimum absolute atomic E-state index is 0.0971. The van der Waals surface area contributed by atoms with Crippen molar-refractivity contribution in [2.24, 2.45) is 0 Å². The molecule has 0 aliphatic rings. The Kier molecular flexibility index (Phi) is 4.34. The van der Waals surface area contributed by atoms with Gasteiger partial charge in [-0.3, -0.25) is 4.79 Å². The van der Waals surface area contributed by atoms with Crippen molar-refractivity contribution in [1.82, 2.24) is 10.2 Å². The molecule has 0 aromatic carbocycles. The number of aryl methyl sites for hydroxylation is 1. The van der Waals surface area contributed by atoms with Gasteiger partial charge >= 0.3 is 5.97 Å². The van der Waals surface area contributed by atoms with E-state index in [1.165, 1.54) is 23.1 Å². The Bertz CT molecular complexity index is 314. The number of rotatable bonds is 5. The zero-order chi connectivity index (χ0) is 10.6. The van der Waals surface area contributed by atoms with Crippen molar-refractivity contribution in [3.05, 3.63) is 5.01 Å². The number of hydrogen-bond acceptors (Lipinski definition) is 5. The third-order valence-corrected chi connectivity index (χ3v) is 3.92. The molecule has 1 aromatic heterocycles. The van der Waals surface area contributed by atoms with Crippen LogP contribution in [0.3, 0.4) is 0 Å². The van der Waals surface area contributed by atoms with Crippen LogP contribution in [0, 0.1) is 6.92 Å². The molecule has 14 heavy (non-hydrogen) atoms. The lowest BCUT2D eigenvalue weighted by Crippen LogP contribution is -2.08. The highest BCUT2D eigenvalue weighted by atomic mass is 32.2. The van der Waals surface area contributed by atoms with Gasteiger partial charge in [-0.15, -0.1) is 10.2 Å². The second-order valence-corrected chi connectivity index (χ2v) is 5.56. The van der Waals surface area contributed by atoms with E-state index in [0.29, 0.717) is 0 Å². The number of carboxylic acid groups (broad SMARTS) is 1. The molecule has 1 heterocycles. The Labute approximate surface area is 90.7 Å². The summed E-state index contributed by atoms with van der Waals surface area (Å²) in [6, 6.07) is 0. The fraction of sp³-hybridized carbons (Fsp3) is 0.625. The van der Waals surface area contributed by atoms with Crippen LogP contribution >= 0.6 is 23.1 Å². The van der Waals surface area contributed by atoms with Crippen LogP contribution in [0.25, 0.3) is 0 Å². The summed E-state index contributed by atoms with van der Waals surface area (Å²) in [6.07, 6.45) is 1.01. The van der Waals surface area contributed by atoms with Gasteiger partial charge in [-0.05, 0) is 13.3 Å². The summed E-state index contributed by atoms with van der Waals surface area (Å²) >= 11 is 3.01. The Morgan fingerprint density at radius 2 is 2.36 bits per heavy atom. The number of nitrogens with zero attached hydrogens (tertiary/aromatic N) is 2. The Hall–Kier alpha value is -0.620. The monoisotopic (exact) mass is 232 g/mol. The lowest BCUT2D eigenvalue weighted by atomic mass is 10.2. The zero-order valence-electron chi connectivity index (χ0n) is 8.06. The first-order valence-electron chi connectivity index (χ1n) is 4.30. The summed E-state index contributed by atoms with van der Waals surface area (Å²) in [4.78, 5) is 10.5.